The van der Waals surface area contributed by atoms with Crippen molar-refractivity contribution >= 4 is 5.91 Å². The molecule has 2 aliphatic rings. The maximum absolute atomic E-state index is 13.3. The molecule has 0 aromatic carbocycles. The van der Waals surface area contributed by atoms with Crippen LogP contribution in [0.5, 0.6) is 0 Å². The Morgan fingerprint density at radius 1 is 0.487 bits per heavy atom. The summed E-state index contributed by atoms with van der Waals surface area (Å²) < 4.78 is 22.8. The molecule has 0 aromatic rings. The van der Waals surface area contributed by atoms with Crippen LogP contribution >= 0.6 is 0 Å². The maximum atomic E-state index is 13.3. The number of nitrogens with one attached hydrogen (secondary N) is 1. The normalized spacial score (nSPS) is 25.2. The molecule has 14 heteroatoms. The topological polar surface area (TPSA) is 228 Å². The molecular weight excluding hydrogens is 967 g/mol. The van der Waals surface area contributed by atoms with Crippen molar-refractivity contribution in [2.24, 2.45) is 0 Å². The summed E-state index contributed by atoms with van der Waals surface area (Å²) in [6.07, 6.45) is 42.9. The molecule has 12 unspecified atom stereocenters. The number of amides is 1. The minimum absolute atomic E-state index is 0.249. The van der Waals surface area contributed by atoms with Crippen molar-refractivity contribution < 1.29 is 64.6 Å². The van der Waals surface area contributed by atoms with E-state index < -0.39 is 86.8 Å². The quantitative estimate of drug-likeness (QED) is 0.0204. The molecule has 2 rings (SSSR count). The second-order valence-electron chi connectivity index (χ2n) is 21.8. The van der Waals surface area contributed by atoms with Crippen molar-refractivity contribution in [2.75, 3.05) is 19.8 Å². The van der Waals surface area contributed by atoms with Gasteiger partial charge in [0.25, 0.3) is 0 Å². The molecule has 0 saturated carbocycles. The van der Waals surface area contributed by atoms with Gasteiger partial charge in [-0.05, 0) is 51.4 Å². The van der Waals surface area contributed by atoms with Gasteiger partial charge in [0.15, 0.2) is 12.6 Å². The molecule has 0 aliphatic carbocycles. The first-order valence-electron chi connectivity index (χ1n) is 30.9. The van der Waals surface area contributed by atoms with Gasteiger partial charge in [-0.15, -0.1) is 0 Å². The van der Waals surface area contributed by atoms with E-state index in [1.54, 1.807) is 6.08 Å². The molecule has 0 bridgehead atoms. The molecule has 444 valence electrons. The number of unbranched alkanes of at least 4 members (excludes halogenated alkanes) is 30. The molecule has 76 heavy (non-hydrogen) atoms. The highest BCUT2D eigenvalue weighted by Gasteiger charge is 2.51. The van der Waals surface area contributed by atoms with Gasteiger partial charge in [-0.3, -0.25) is 4.79 Å². The zero-order valence-corrected chi connectivity index (χ0v) is 47.7. The fourth-order valence-corrected chi connectivity index (χ4v) is 10.1. The maximum Gasteiger partial charge on any atom is 0.220 e. The van der Waals surface area contributed by atoms with E-state index >= 15 is 0 Å². The van der Waals surface area contributed by atoms with Crippen LogP contribution < -0.4 is 5.32 Å². The van der Waals surface area contributed by atoms with Gasteiger partial charge < -0.3 is 65.1 Å². The average molecular weight is 1080 g/mol. The van der Waals surface area contributed by atoms with E-state index in [9.17, 15) is 45.6 Å². The summed E-state index contributed by atoms with van der Waals surface area (Å²) in [5.41, 5.74) is 0. The van der Waals surface area contributed by atoms with Crippen LogP contribution in [-0.4, -0.2) is 140 Å². The number of carbonyl (C=O) groups is 1. The average Bonchev–Trinajstić information content (AvgIpc) is 3.42. The Morgan fingerprint density at radius 3 is 1.39 bits per heavy atom. The first-order valence-corrected chi connectivity index (χ1v) is 30.9. The largest absolute Gasteiger partial charge is 0.394 e. The molecule has 14 nitrogen and oxygen atoms in total. The van der Waals surface area contributed by atoms with E-state index in [-0.39, 0.29) is 18.9 Å². The van der Waals surface area contributed by atoms with Crippen LogP contribution in [-0.2, 0) is 23.7 Å². The molecule has 1 amide bonds. The monoisotopic (exact) mass is 1080 g/mol. The zero-order chi connectivity index (χ0) is 55.3. The highest BCUT2D eigenvalue weighted by molar-refractivity contribution is 5.76. The Balaban J connectivity index is 1.74. The SMILES string of the molecule is CC/C=C\C/C=C\C/C=C\CCCCCCCCCC(=O)NC(COC1OC(CO)C(OC2OC(CO)C(O)C(O)C2O)C(O)C1O)C(O)/C=C/CCCCCCCCCCCCCCCCCCCCCCCCC. The van der Waals surface area contributed by atoms with Crippen LogP contribution in [0.15, 0.2) is 48.6 Å². The Labute approximate surface area is 461 Å². The summed E-state index contributed by atoms with van der Waals surface area (Å²) in [6, 6.07) is -0.922. The molecule has 12 atom stereocenters. The Hall–Kier alpha value is -2.05. The van der Waals surface area contributed by atoms with Gasteiger partial charge in [-0.2, -0.15) is 0 Å². The molecule has 2 aliphatic heterocycles. The van der Waals surface area contributed by atoms with Gasteiger partial charge in [0, 0.05) is 6.42 Å². The summed E-state index contributed by atoms with van der Waals surface area (Å²) in [5, 5.41) is 87.2. The molecule has 0 spiro atoms. The second kappa shape index (κ2) is 47.7. The molecule has 9 N–H and O–H groups in total. The first kappa shape index (κ1) is 70.1. The van der Waals surface area contributed by atoms with Crippen LogP contribution in [0.2, 0.25) is 0 Å². The molecule has 2 saturated heterocycles. The van der Waals surface area contributed by atoms with E-state index in [0.29, 0.717) is 6.42 Å². The molecule has 2 heterocycles. The summed E-state index contributed by atoms with van der Waals surface area (Å²) in [4.78, 5) is 13.3. The number of ether oxygens (including phenoxy) is 4. The van der Waals surface area contributed by atoms with E-state index in [2.05, 4.69) is 55.6 Å². The van der Waals surface area contributed by atoms with Gasteiger partial charge in [-0.1, -0.05) is 236 Å². The van der Waals surface area contributed by atoms with Gasteiger partial charge in [0.05, 0.1) is 32.0 Å². The second-order valence-corrected chi connectivity index (χ2v) is 21.8. The molecule has 0 aromatic heterocycles. The van der Waals surface area contributed by atoms with Crippen LogP contribution in [0, 0.1) is 0 Å². The lowest BCUT2D eigenvalue weighted by atomic mass is 9.97. The number of hydrogen-bond donors (Lipinski definition) is 9. The number of aliphatic hydroxyl groups excluding tert-OH is 8. The van der Waals surface area contributed by atoms with Crippen molar-refractivity contribution in [1.82, 2.24) is 5.32 Å². The Morgan fingerprint density at radius 2 is 0.908 bits per heavy atom. The third-order valence-electron chi connectivity index (χ3n) is 15.0. The summed E-state index contributed by atoms with van der Waals surface area (Å²) >= 11 is 0. The summed E-state index contributed by atoms with van der Waals surface area (Å²) in [5.74, 6) is -0.249. The standard InChI is InChI=1S/C62H113NO13/c1-3-5-7-9-11-13-15-17-19-21-22-23-24-25-26-27-28-30-31-33-35-37-39-41-43-45-51(66)50(63-54(67)46-44-42-40-38-36-34-32-29-20-18-16-14-12-10-8-6-4-2)49-73-61-59(72)57(70)60(53(48-65)75-61)76-62-58(71)56(69)55(68)52(47-64)74-62/h6,8,12,14,18,20,43,45,50-53,55-62,64-66,68-72H,3-5,7,9-11,13,15-17,19,21-42,44,46-49H2,1-2H3,(H,63,67)/b8-6-,14-12-,20-18-,45-43+. The van der Waals surface area contributed by atoms with Crippen molar-refractivity contribution in [1.29, 1.82) is 0 Å². The third-order valence-corrected chi connectivity index (χ3v) is 15.0. The number of hydrogen-bond acceptors (Lipinski definition) is 13. The lowest BCUT2D eigenvalue weighted by molar-refractivity contribution is -0.359. The van der Waals surface area contributed by atoms with E-state index in [4.69, 9.17) is 18.9 Å². The van der Waals surface area contributed by atoms with E-state index in [1.165, 1.54) is 148 Å². The highest BCUT2D eigenvalue weighted by atomic mass is 16.7. The predicted octanol–water partition coefficient (Wildman–Crippen LogP) is 10.8. The minimum atomic E-state index is -1.79. The van der Waals surface area contributed by atoms with Crippen LogP contribution in [0.1, 0.15) is 245 Å². The number of aliphatic hydroxyl groups is 8. The van der Waals surface area contributed by atoms with Gasteiger partial charge >= 0.3 is 0 Å². The summed E-state index contributed by atoms with van der Waals surface area (Å²) in [6.45, 7) is 2.70. The predicted molar refractivity (Wildman–Crippen MR) is 304 cm³/mol. The van der Waals surface area contributed by atoms with Crippen LogP contribution in [0.4, 0.5) is 0 Å². The van der Waals surface area contributed by atoms with Crippen LogP contribution in [0.25, 0.3) is 0 Å². The molecule has 0 radical (unpaired) electrons. The fourth-order valence-electron chi connectivity index (χ4n) is 10.1. The smallest absolute Gasteiger partial charge is 0.220 e. The summed E-state index contributed by atoms with van der Waals surface area (Å²) in [7, 11) is 0. The van der Waals surface area contributed by atoms with Gasteiger partial charge in [-0.25, -0.2) is 0 Å². The highest BCUT2D eigenvalue weighted by Crippen LogP contribution is 2.30. The third kappa shape index (κ3) is 32.9. The van der Waals surface area contributed by atoms with Crippen molar-refractivity contribution in [3.05, 3.63) is 48.6 Å². The van der Waals surface area contributed by atoms with Crippen molar-refractivity contribution in [3.8, 4) is 0 Å². The van der Waals surface area contributed by atoms with Crippen molar-refractivity contribution in [2.45, 2.75) is 319 Å². The Bertz CT molecular complexity index is 1460. The minimum Gasteiger partial charge on any atom is -0.394 e. The van der Waals surface area contributed by atoms with Gasteiger partial charge in [0.2, 0.25) is 5.91 Å². The van der Waals surface area contributed by atoms with Crippen LogP contribution in [0.3, 0.4) is 0 Å². The molecular formula is C62H113NO13. The lowest BCUT2D eigenvalue weighted by Gasteiger charge is -2.46. The lowest BCUT2D eigenvalue weighted by Crippen LogP contribution is -2.65. The number of rotatable bonds is 49. The zero-order valence-electron chi connectivity index (χ0n) is 47.7. The van der Waals surface area contributed by atoms with E-state index in [1.807, 2.05) is 6.08 Å². The van der Waals surface area contributed by atoms with Crippen molar-refractivity contribution in [3.63, 3.8) is 0 Å². The van der Waals surface area contributed by atoms with Gasteiger partial charge in [0.1, 0.15) is 48.8 Å². The first-order chi connectivity index (χ1) is 37.1. The fraction of sp³-hybridized carbons (Fsp3) is 0.855. The van der Waals surface area contributed by atoms with E-state index in [0.717, 1.165) is 70.6 Å². The Kier molecular flexibility index (Phi) is 44.0. The number of carbonyl (C=O) groups excluding carboxylic acids is 1. The number of allylic oxidation sites excluding steroid dienone is 7. The molecule has 2 fully saturated rings.